The van der Waals surface area contributed by atoms with Gasteiger partial charge >= 0.3 is 0 Å². The summed E-state index contributed by atoms with van der Waals surface area (Å²) < 4.78 is 20.2. The minimum atomic E-state index is -0.434. The lowest BCUT2D eigenvalue weighted by Crippen LogP contribution is -2.45. The van der Waals surface area contributed by atoms with Crippen LogP contribution in [0.1, 0.15) is 27.9 Å². The van der Waals surface area contributed by atoms with Gasteiger partial charge in [0.2, 0.25) is 0 Å². The number of halogens is 1. The first-order valence-corrected chi connectivity index (χ1v) is 11.5. The summed E-state index contributed by atoms with van der Waals surface area (Å²) in [5.74, 6) is 1.32. The number of rotatable bonds is 4. The number of likely N-dealkylation sites (tertiary alicyclic amines) is 1. The molecular formula is C26H26FN5O2. The summed E-state index contributed by atoms with van der Waals surface area (Å²) in [4.78, 5) is 29.3. The zero-order valence-electron chi connectivity index (χ0n) is 19.5. The zero-order chi connectivity index (χ0) is 23.6. The SMILES string of the molecule is COc1cccc(F)c1-c1nccc2c1CN(c1cc(C)cc(N3C[C@@H]4C[C@H]3CN4C)n1)C2=O. The van der Waals surface area contributed by atoms with Gasteiger partial charge in [-0.1, -0.05) is 6.07 Å². The van der Waals surface area contributed by atoms with Crippen LogP contribution in [0.3, 0.4) is 0 Å². The van der Waals surface area contributed by atoms with E-state index in [0.717, 1.165) is 30.9 Å². The van der Waals surface area contributed by atoms with Crippen LogP contribution in [0, 0.1) is 12.7 Å². The van der Waals surface area contributed by atoms with E-state index in [2.05, 4.69) is 27.9 Å². The minimum Gasteiger partial charge on any atom is -0.496 e. The Balaban J connectivity index is 1.38. The number of hydrogen-bond donors (Lipinski definition) is 0. The molecule has 0 saturated carbocycles. The first-order valence-electron chi connectivity index (χ1n) is 11.5. The molecule has 2 fully saturated rings. The van der Waals surface area contributed by atoms with E-state index in [9.17, 15) is 9.18 Å². The highest BCUT2D eigenvalue weighted by Gasteiger charge is 2.42. The smallest absolute Gasteiger partial charge is 0.260 e. The van der Waals surface area contributed by atoms with E-state index in [1.165, 1.54) is 13.2 Å². The summed E-state index contributed by atoms with van der Waals surface area (Å²) in [6.07, 6.45) is 2.70. The molecule has 2 saturated heterocycles. The Kier molecular flexibility index (Phi) is 4.81. The van der Waals surface area contributed by atoms with Crippen LogP contribution in [-0.2, 0) is 6.54 Å². The molecule has 1 aromatic carbocycles. The average molecular weight is 460 g/mol. The fourth-order valence-electron chi connectivity index (χ4n) is 5.60. The molecule has 34 heavy (non-hydrogen) atoms. The minimum absolute atomic E-state index is 0.152. The van der Waals surface area contributed by atoms with Crippen LogP contribution in [0.2, 0.25) is 0 Å². The summed E-state index contributed by atoms with van der Waals surface area (Å²) in [5.41, 5.74) is 2.95. The van der Waals surface area contributed by atoms with Crippen LogP contribution >= 0.6 is 0 Å². The Bertz CT molecular complexity index is 1310. The third kappa shape index (κ3) is 3.16. The normalized spacial score (nSPS) is 21.5. The summed E-state index contributed by atoms with van der Waals surface area (Å²) in [6.45, 7) is 4.29. The molecule has 3 aliphatic rings. The van der Waals surface area contributed by atoms with Gasteiger partial charge in [-0.2, -0.15) is 0 Å². The predicted octanol–water partition coefficient (Wildman–Crippen LogP) is 3.65. The number of pyridine rings is 2. The van der Waals surface area contributed by atoms with E-state index in [1.807, 2.05) is 13.0 Å². The van der Waals surface area contributed by atoms with Crippen molar-refractivity contribution in [3.8, 4) is 17.0 Å². The third-order valence-corrected chi connectivity index (χ3v) is 7.31. The molecule has 1 amide bonds. The molecule has 8 heteroatoms. The maximum absolute atomic E-state index is 14.8. The first kappa shape index (κ1) is 21.0. The Labute approximate surface area is 197 Å². The number of aryl methyl sites for hydroxylation is 1. The molecule has 174 valence electrons. The summed E-state index contributed by atoms with van der Waals surface area (Å²) in [7, 11) is 3.67. The quantitative estimate of drug-likeness (QED) is 0.594. The van der Waals surface area contributed by atoms with Gasteiger partial charge < -0.3 is 9.64 Å². The summed E-state index contributed by atoms with van der Waals surface area (Å²) in [5, 5.41) is 0. The highest BCUT2D eigenvalue weighted by Crippen LogP contribution is 2.39. The highest BCUT2D eigenvalue weighted by molar-refractivity contribution is 6.10. The number of anilines is 2. The van der Waals surface area contributed by atoms with Gasteiger partial charge in [-0.3, -0.25) is 19.6 Å². The van der Waals surface area contributed by atoms with Crippen molar-refractivity contribution in [2.24, 2.45) is 0 Å². The van der Waals surface area contributed by atoms with Crippen molar-refractivity contribution in [1.29, 1.82) is 0 Å². The largest absolute Gasteiger partial charge is 0.496 e. The van der Waals surface area contributed by atoms with Crippen molar-refractivity contribution < 1.29 is 13.9 Å². The number of aromatic nitrogens is 2. The molecule has 2 atom stereocenters. The van der Waals surface area contributed by atoms with Gasteiger partial charge in [0.05, 0.1) is 24.9 Å². The second kappa shape index (κ2) is 7.77. The number of amides is 1. The zero-order valence-corrected chi connectivity index (χ0v) is 19.5. The molecule has 0 unspecified atom stereocenters. The average Bonchev–Trinajstić information content (AvgIpc) is 3.51. The second-order valence-electron chi connectivity index (χ2n) is 9.39. The second-order valence-corrected chi connectivity index (χ2v) is 9.39. The van der Waals surface area contributed by atoms with E-state index >= 15 is 0 Å². The Hall–Kier alpha value is -3.52. The molecule has 2 bridgehead atoms. The lowest BCUT2D eigenvalue weighted by molar-refractivity contribution is 0.0996. The number of hydrogen-bond acceptors (Lipinski definition) is 6. The summed E-state index contributed by atoms with van der Waals surface area (Å²) >= 11 is 0. The Morgan fingerprint density at radius 3 is 2.68 bits per heavy atom. The van der Waals surface area contributed by atoms with Crippen LogP contribution in [0.4, 0.5) is 16.0 Å². The predicted molar refractivity (Wildman–Crippen MR) is 128 cm³/mol. The van der Waals surface area contributed by atoms with E-state index in [4.69, 9.17) is 9.72 Å². The number of benzene rings is 1. The molecule has 7 nitrogen and oxygen atoms in total. The fraction of sp³-hybridized carbons (Fsp3) is 0.346. The monoisotopic (exact) mass is 459 g/mol. The molecule has 6 rings (SSSR count). The maximum atomic E-state index is 14.8. The molecule has 0 radical (unpaired) electrons. The molecule has 0 N–H and O–H groups in total. The molecular weight excluding hydrogens is 433 g/mol. The number of nitrogens with zero attached hydrogens (tertiary/aromatic N) is 5. The fourth-order valence-corrected chi connectivity index (χ4v) is 5.60. The van der Waals surface area contributed by atoms with E-state index < -0.39 is 5.82 Å². The van der Waals surface area contributed by atoms with Gasteiger partial charge in [-0.25, -0.2) is 9.37 Å². The third-order valence-electron chi connectivity index (χ3n) is 7.31. The van der Waals surface area contributed by atoms with Crippen LogP contribution in [-0.4, -0.2) is 60.1 Å². The molecule has 5 heterocycles. The van der Waals surface area contributed by atoms with Crippen molar-refractivity contribution in [2.75, 3.05) is 37.0 Å². The van der Waals surface area contributed by atoms with Crippen LogP contribution in [0.15, 0.2) is 42.6 Å². The van der Waals surface area contributed by atoms with Crippen molar-refractivity contribution in [2.45, 2.75) is 32.0 Å². The number of fused-ring (bicyclic) bond motifs is 3. The summed E-state index contributed by atoms with van der Waals surface area (Å²) in [6, 6.07) is 11.4. The van der Waals surface area contributed by atoms with Gasteiger partial charge in [0.25, 0.3) is 5.91 Å². The van der Waals surface area contributed by atoms with E-state index in [1.54, 1.807) is 29.3 Å². The number of carbonyl (C=O) groups is 1. The molecule has 0 aliphatic carbocycles. The van der Waals surface area contributed by atoms with Crippen molar-refractivity contribution >= 4 is 17.5 Å². The lowest BCUT2D eigenvalue weighted by Gasteiger charge is -2.33. The van der Waals surface area contributed by atoms with Gasteiger partial charge in [0, 0.05) is 42.5 Å². The van der Waals surface area contributed by atoms with Crippen LogP contribution < -0.4 is 14.5 Å². The molecule has 2 aromatic heterocycles. The van der Waals surface area contributed by atoms with Crippen molar-refractivity contribution in [3.05, 3.63) is 65.1 Å². The Morgan fingerprint density at radius 2 is 1.94 bits per heavy atom. The van der Waals surface area contributed by atoms with Crippen molar-refractivity contribution in [1.82, 2.24) is 14.9 Å². The van der Waals surface area contributed by atoms with Gasteiger partial charge in [-0.15, -0.1) is 0 Å². The topological polar surface area (TPSA) is 61.8 Å². The van der Waals surface area contributed by atoms with Crippen LogP contribution in [0.25, 0.3) is 11.3 Å². The Morgan fingerprint density at radius 1 is 1.12 bits per heavy atom. The van der Waals surface area contributed by atoms with Gasteiger partial charge in [0.1, 0.15) is 23.2 Å². The standard InChI is InChI=1S/C26H26FN5O2/c1-15-9-22(31-13-16-11-17(31)12-30(16)2)29-23(10-15)32-14-19-18(26(32)33)7-8-28-25(19)24-20(27)5-4-6-21(24)34-3/h4-10,16-17H,11-14H2,1-3H3/t16-,17-/m0/s1. The number of likely N-dealkylation sites (N-methyl/N-ethyl adjacent to an activating group) is 1. The highest BCUT2D eigenvalue weighted by atomic mass is 19.1. The molecule has 3 aliphatic heterocycles. The maximum Gasteiger partial charge on any atom is 0.260 e. The first-order chi connectivity index (χ1) is 16.4. The van der Waals surface area contributed by atoms with Gasteiger partial charge in [0.15, 0.2) is 0 Å². The number of piperazine rings is 1. The lowest BCUT2D eigenvalue weighted by atomic mass is 10.0. The van der Waals surface area contributed by atoms with E-state index in [0.29, 0.717) is 40.5 Å². The van der Waals surface area contributed by atoms with Crippen LogP contribution in [0.5, 0.6) is 5.75 Å². The number of methoxy groups -OCH3 is 1. The molecule has 0 spiro atoms. The van der Waals surface area contributed by atoms with E-state index in [-0.39, 0.29) is 18.0 Å². The van der Waals surface area contributed by atoms with Crippen molar-refractivity contribution in [3.63, 3.8) is 0 Å². The number of ether oxygens (including phenoxy) is 1. The molecule has 3 aromatic rings. The van der Waals surface area contributed by atoms with Gasteiger partial charge in [-0.05, 0) is 56.3 Å². The number of carbonyl (C=O) groups excluding carboxylic acids is 1.